The Morgan fingerprint density at radius 2 is 1.90 bits per heavy atom. The fraction of sp³-hybridized carbons (Fsp3) is 0.933. The smallest absolute Gasteiger partial charge is 0.241 e. The molecule has 5 heteroatoms. The molecule has 20 heavy (non-hydrogen) atoms. The third-order valence-electron chi connectivity index (χ3n) is 3.74. The summed E-state index contributed by atoms with van der Waals surface area (Å²) < 4.78 is 10.6. The second-order valence-electron chi connectivity index (χ2n) is 6.34. The first-order valence-electron chi connectivity index (χ1n) is 7.48. The van der Waals surface area contributed by atoms with E-state index >= 15 is 0 Å². The van der Waals surface area contributed by atoms with Crippen LogP contribution in [0, 0.1) is 11.8 Å². The Balaban J connectivity index is 2.78. The van der Waals surface area contributed by atoms with Crippen LogP contribution in [0.1, 0.15) is 34.1 Å². The zero-order chi connectivity index (χ0) is 15.3. The van der Waals surface area contributed by atoms with Gasteiger partial charge in [0.25, 0.3) is 0 Å². The summed E-state index contributed by atoms with van der Waals surface area (Å²) in [6.07, 6.45) is 0.981. The van der Waals surface area contributed by atoms with Gasteiger partial charge in [0.2, 0.25) is 5.91 Å². The van der Waals surface area contributed by atoms with E-state index in [1.54, 1.807) is 14.2 Å². The maximum Gasteiger partial charge on any atom is 0.241 e. The maximum atomic E-state index is 12.6. The molecule has 0 aliphatic carbocycles. The first kappa shape index (κ1) is 17.4. The molecule has 0 spiro atoms. The number of methoxy groups -OCH3 is 2. The molecule has 0 radical (unpaired) electrons. The summed E-state index contributed by atoms with van der Waals surface area (Å²) in [5, 5.41) is 3.47. The van der Waals surface area contributed by atoms with Crippen molar-refractivity contribution in [3.63, 3.8) is 0 Å². The van der Waals surface area contributed by atoms with Gasteiger partial charge in [0.05, 0.1) is 31.5 Å². The maximum absolute atomic E-state index is 12.6. The van der Waals surface area contributed by atoms with Crippen molar-refractivity contribution >= 4 is 5.91 Å². The molecule has 1 saturated heterocycles. The van der Waals surface area contributed by atoms with Gasteiger partial charge in [-0.25, -0.2) is 0 Å². The average molecular weight is 286 g/mol. The van der Waals surface area contributed by atoms with Gasteiger partial charge in [-0.2, -0.15) is 0 Å². The zero-order valence-electron chi connectivity index (χ0n) is 13.7. The minimum atomic E-state index is -0.0844. The van der Waals surface area contributed by atoms with Gasteiger partial charge < -0.3 is 14.4 Å². The Labute approximate surface area is 123 Å². The number of carbonyl (C=O) groups is 1. The van der Waals surface area contributed by atoms with Gasteiger partial charge in [-0.05, 0) is 18.3 Å². The molecule has 0 saturated carbocycles. The highest BCUT2D eigenvalue weighted by Crippen LogP contribution is 2.22. The van der Waals surface area contributed by atoms with Crippen LogP contribution in [0.2, 0.25) is 0 Å². The van der Waals surface area contributed by atoms with Crippen molar-refractivity contribution < 1.29 is 14.3 Å². The highest BCUT2D eigenvalue weighted by atomic mass is 16.5. The molecule has 1 fully saturated rings. The molecule has 3 atom stereocenters. The van der Waals surface area contributed by atoms with E-state index in [0.29, 0.717) is 25.0 Å². The van der Waals surface area contributed by atoms with Crippen LogP contribution in [0.25, 0.3) is 0 Å². The largest absolute Gasteiger partial charge is 0.382 e. The molecule has 3 unspecified atom stereocenters. The Kier molecular flexibility index (Phi) is 6.92. The predicted molar refractivity (Wildman–Crippen MR) is 79.4 cm³/mol. The molecule has 1 amide bonds. The summed E-state index contributed by atoms with van der Waals surface area (Å²) in [7, 11) is 3.31. The van der Waals surface area contributed by atoms with Crippen LogP contribution in [0.5, 0.6) is 0 Å². The Morgan fingerprint density at radius 3 is 2.35 bits per heavy atom. The van der Waals surface area contributed by atoms with Gasteiger partial charge >= 0.3 is 0 Å². The van der Waals surface area contributed by atoms with Crippen molar-refractivity contribution in [2.24, 2.45) is 11.8 Å². The van der Waals surface area contributed by atoms with E-state index in [2.05, 4.69) is 33.0 Å². The van der Waals surface area contributed by atoms with Crippen molar-refractivity contribution in [2.75, 3.05) is 27.4 Å². The standard InChI is InChI=1S/C15H30N2O3/c1-10(2)7-13-16-14(11(3)4)15(18)17(13)8-12(20-6)9-19-5/h10-14,16H,7-9H2,1-6H3. The fourth-order valence-corrected chi connectivity index (χ4v) is 2.64. The summed E-state index contributed by atoms with van der Waals surface area (Å²) in [6.45, 7) is 9.59. The van der Waals surface area contributed by atoms with E-state index in [0.717, 1.165) is 6.42 Å². The number of ether oxygens (including phenoxy) is 2. The lowest BCUT2D eigenvalue weighted by Gasteiger charge is -2.28. The third-order valence-corrected chi connectivity index (χ3v) is 3.74. The zero-order valence-corrected chi connectivity index (χ0v) is 13.7. The van der Waals surface area contributed by atoms with Gasteiger partial charge in [0.15, 0.2) is 0 Å². The number of rotatable bonds is 8. The molecule has 0 aromatic heterocycles. The molecule has 0 bridgehead atoms. The van der Waals surface area contributed by atoms with E-state index in [4.69, 9.17) is 9.47 Å². The van der Waals surface area contributed by atoms with E-state index in [1.165, 1.54) is 0 Å². The molecule has 1 aliphatic heterocycles. The van der Waals surface area contributed by atoms with Crippen LogP contribution in [-0.2, 0) is 14.3 Å². The molecular weight excluding hydrogens is 256 g/mol. The number of amides is 1. The Hall–Kier alpha value is -0.650. The van der Waals surface area contributed by atoms with Gasteiger partial charge in [-0.1, -0.05) is 27.7 Å². The highest BCUT2D eigenvalue weighted by Gasteiger charge is 2.41. The minimum absolute atomic E-state index is 0.0775. The van der Waals surface area contributed by atoms with Gasteiger partial charge in [0.1, 0.15) is 0 Å². The van der Waals surface area contributed by atoms with E-state index < -0.39 is 0 Å². The van der Waals surface area contributed by atoms with Crippen LogP contribution < -0.4 is 5.32 Å². The molecular formula is C15H30N2O3. The normalized spacial score (nSPS) is 25.0. The average Bonchev–Trinajstić information content (AvgIpc) is 2.66. The monoisotopic (exact) mass is 286 g/mol. The highest BCUT2D eigenvalue weighted by molar-refractivity contribution is 5.84. The Bertz CT molecular complexity index is 307. The fourth-order valence-electron chi connectivity index (χ4n) is 2.64. The van der Waals surface area contributed by atoms with E-state index in [1.807, 2.05) is 4.90 Å². The lowest BCUT2D eigenvalue weighted by molar-refractivity contribution is -0.133. The summed E-state index contributed by atoms with van der Waals surface area (Å²) in [6, 6.07) is -0.0844. The van der Waals surface area contributed by atoms with E-state index in [-0.39, 0.29) is 24.2 Å². The summed E-state index contributed by atoms with van der Waals surface area (Å²) in [5.41, 5.74) is 0. The van der Waals surface area contributed by atoms with Crippen molar-refractivity contribution in [3.8, 4) is 0 Å². The first-order valence-corrected chi connectivity index (χ1v) is 7.48. The molecule has 1 heterocycles. The van der Waals surface area contributed by atoms with Crippen LogP contribution in [0.4, 0.5) is 0 Å². The van der Waals surface area contributed by atoms with Crippen molar-refractivity contribution in [1.29, 1.82) is 0 Å². The van der Waals surface area contributed by atoms with Crippen molar-refractivity contribution in [1.82, 2.24) is 10.2 Å². The second-order valence-corrected chi connectivity index (χ2v) is 6.34. The number of hydrogen-bond donors (Lipinski definition) is 1. The Morgan fingerprint density at radius 1 is 1.25 bits per heavy atom. The van der Waals surface area contributed by atoms with Crippen LogP contribution >= 0.6 is 0 Å². The lowest BCUT2D eigenvalue weighted by atomic mass is 10.0. The summed E-state index contributed by atoms with van der Waals surface area (Å²) in [4.78, 5) is 14.5. The third kappa shape index (κ3) is 4.43. The molecule has 1 rings (SSSR count). The minimum Gasteiger partial charge on any atom is -0.382 e. The van der Waals surface area contributed by atoms with Crippen molar-refractivity contribution in [3.05, 3.63) is 0 Å². The predicted octanol–water partition coefficient (Wildman–Crippen LogP) is 1.48. The molecule has 1 aliphatic rings. The van der Waals surface area contributed by atoms with Gasteiger partial charge in [0, 0.05) is 14.2 Å². The lowest BCUT2D eigenvalue weighted by Crippen LogP contribution is -2.44. The SMILES string of the molecule is COCC(CN1C(=O)C(C(C)C)NC1CC(C)C)OC. The van der Waals surface area contributed by atoms with Gasteiger partial charge in [-0.15, -0.1) is 0 Å². The molecule has 118 valence electrons. The quantitative estimate of drug-likeness (QED) is 0.734. The molecule has 0 aromatic carbocycles. The molecule has 0 aromatic rings. The summed E-state index contributed by atoms with van der Waals surface area (Å²) >= 11 is 0. The van der Waals surface area contributed by atoms with Gasteiger partial charge in [-0.3, -0.25) is 10.1 Å². The first-order chi connectivity index (χ1) is 9.40. The molecule has 1 N–H and O–H groups in total. The van der Waals surface area contributed by atoms with Crippen LogP contribution in [0.15, 0.2) is 0 Å². The van der Waals surface area contributed by atoms with Crippen LogP contribution in [-0.4, -0.2) is 56.5 Å². The molecule has 5 nitrogen and oxygen atoms in total. The summed E-state index contributed by atoms with van der Waals surface area (Å²) in [5.74, 6) is 1.02. The number of nitrogens with zero attached hydrogens (tertiary/aromatic N) is 1. The van der Waals surface area contributed by atoms with E-state index in [9.17, 15) is 4.79 Å². The second kappa shape index (κ2) is 7.96. The topological polar surface area (TPSA) is 50.8 Å². The number of hydrogen-bond acceptors (Lipinski definition) is 4. The number of carbonyl (C=O) groups excluding carboxylic acids is 1. The van der Waals surface area contributed by atoms with Crippen molar-refractivity contribution in [2.45, 2.75) is 52.4 Å². The number of nitrogens with one attached hydrogen (secondary N) is 1. The van der Waals surface area contributed by atoms with Crippen LogP contribution in [0.3, 0.4) is 0 Å².